The molecule has 172 valence electrons. The highest BCUT2D eigenvalue weighted by molar-refractivity contribution is 6.44. The zero-order valence-electron chi connectivity index (χ0n) is 17.8. The van der Waals surface area contributed by atoms with Crippen LogP contribution >= 0.6 is 34.8 Å². The van der Waals surface area contributed by atoms with Crippen molar-refractivity contribution in [1.29, 1.82) is 0 Å². The van der Waals surface area contributed by atoms with Gasteiger partial charge in [0.25, 0.3) is 11.5 Å². The molecule has 0 aliphatic rings. The molecular formula is C25H17Cl3N2O4. The van der Waals surface area contributed by atoms with Crippen LogP contribution in [-0.4, -0.2) is 23.1 Å². The van der Waals surface area contributed by atoms with Crippen molar-refractivity contribution in [1.82, 2.24) is 4.57 Å². The molecule has 6 nitrogen and oxygen atoms in total. The number of aromatic nitrogens is 1. The van der Waals surface area contributed by atoms with E-state index in [9.17, 15) is 14.4 Å². The van der Waals surface area contributed by atoms with Crippen molar-refractivity contribution in [2.45, 2.75) is 0 Å². The largest absolute Gasteiger partial charge is 0.451 e. The number of hydrogen-bond donors (Lipinski definition) is 1. The number of nitrogens with zero attached hydrogens (tertiary/aromatic N) is 1. The molecule has 0 fully saturated rings. The number of carbonyl (C=O) groups excluding carboxylic acids is 2. The lowest BCUT2D eigenvalue weighted by Gasteiger charge is -2.17. The number of benzene rings is 3. The molecule has 34 heavy (non-hydrogen) atoms. The Morgan fingerprint density at radius 1 is 0.912 bits per heavy atom. The van der Waals surface area contributed by atoms with E-state index in [4.69, 9.17) is 39.5 Å². The number of fused-ring (bicyclic) bond motifs is 1. The summed E-state index contributed by atoms with van der Waals surface area (Å²) in [6.07, 6.45) is 0. The van der Waals surface area contributed by atoms with E-state index >= 15 is 0 Å². The van der Waals surface area contributed by atoms with Gasteiger partial charge in [-0.15, -0.1) is 0 Å². The number of ether oxygens (including phenoxy) is 1. The van der Waals surface area contributed by atoms with E-state index in [0.717, 1.165) is 0 Å². The summed E-state index contributed by atoms with van der Waals surface area (Å²) < 4.78 is 6.51. The molecule has 0 aliphatic carbocycles. The smallest absolute Gasteiger partial charge is 0.356 e. The molecular weight excluding hydrogens is 499 g/mol. The lowest BCUT2D eigenvalue weighted by atomic mass is 9.97. The number of esters is 1. The normalized spacial score (nSPS) is 10.8. The topological polar surface area (TPSA) is 77.4 Å². The van der Waals surface area contributed by atoms with Gasteiger partial charge in [0.05, 0.1) is 15.7 Å². The number of pyridine rings is 1. The van der Waals surface area contributed by atoms with E-state index in [1.165, 1.54) is 11.6 Å². The van der Waals surface area contributed by atoms with Gasteiger partial charge in [-0.1, -0.05) is 71.2 Å². The molecule has 0 radical (unpaired) electrons. The summed E-state index contributed by atoms with van der Waals surface area (Å²) in [5, 5.41) is 4.54. The van der Waals surface area contributed by atoms with Crippen LogP contribution in [0.15, 0.2) is 71.5 Å². The Hall–Kier alpha value is -3.32. The molecule has 1 N–H and O–H groups in total. The molecule has 1 aromatic heterocycles. The summed E-state index contributed by atoms with van der Waals surface area (Å²) in [5.74, 6) is -1.45. The first-order valence-electron chi connectivity index (χ1n) is 10.1. The summed E-state index contributed by atoms with van der Waals surface area (Å²) in [6.45, 7) is -0.594. The number of halogens is 3. The number of carbonyl (C=O) groups is 2. The van der Waals surface area contributed by atoms with Crippen molar-refractivity contribution in [3.63, 3.8) is 0 Å². The summed E-state index contributed by atoms with van der Waals surface area (Å²) >= 11 is 18.1. The van der Waals surface area contributed by atoms with Crippen LogP contribution in [0, 0.1) is 0 Å². The van der Waals surface area contributed by atoms with E-state index < -0.39 is 18.5 Å². The number of nitrogens with one attached hydrogen (secondary N) is 1. The molecule has 1 heterocycles. The molecule has 4 rings (SSSR count). The lowest BCUT2D eigenvalue weighted by molar-refractivity contribution is -0.119. The molecule has 0 saturated heterocycles. The maximum absolute atomic E-state index is 13.2. The van der Waals surface area contributed by atoms with Crippen LogP contribution < -0.4 is 10.9 Å². The number of amides is 1. The van der Waals surface area contributed by atoms with E-state index in [-0.39, 0.29) is 27.0 Å². The maximum atomic E-state index is 13.2. The zero-order chi connectivity index (χ0) is 24.4. The van der Waals surface area contributed by atoms with Crippen molar-refractivity contribution in [2.24, 2.45) is 7.05 Å². The van der Waals surface area contributed by atoms with E-state index in [2.05, 4.69) is 5.32 Å². The van der Waals surface area contributed by atoms with Crippen LogP contribution in [-0.2, 0) is 16.6 Å². The van der Waals surface area contributed by atoms with E-state index in [1.807, 2.05) is 0 Å². The van der Waals surface area contributed by atoms with Crippen LogP contribution in [0.3, 0.4) is 0 Å². The van der Waals surface area contributed by atoms with Crippen LogP contribution in [0.1, 0.15) is 10.5 Å². The van der Waals surface area contributed by atoms with Gasteiger partial charge in [0, 0.05) is 23.0 Å². The number of rotatable bonds is 5. The van der Waals surface area contributed by atoms with Gasteiger partial charge in [-0.05, 0) is 41.3 Å². The zero-order valence-corrected chi connectivity index (χ0v) is 20.0. The maximum Gasteiger partial charge on any atom is 0.356 e. The van der Waals surface area contributed by atoms with E-state index in [0.29, 0.717) is 26.9 Å². The van der Waals surface area contributed by atoms with Crippen molar-refractivity contribution in [2.75, 3.05) is 11.9 Å². The number of hydrogen-bond acceptors (Lipinski definition) is 4. The first-order chi connectivity index (χ1) is 16.3. The molecule has 0 saturated carbocycles. The van der Waals surface area contributed by atoms with E-state index in [1.54, 1.807) is 66.7 Å². The van der Waals surface area contributed by atoms with Gasteiger partial charge in [-0.3, -0.25) is 9.59 Å². The second-order valence-electron chi connectivity index (χ2n) is 7.37. The van der Waals surface area contributed by atoms with Crippen molar-refractivity contribution in [3.05, 3.63) is 97.8 Å². The Kier molecular flexibility index (Phi) is 6.93. The highest BCUT2D eigenvalue weighted by atomic mass is 35.5. The molecule has 3 aromatic carbocycles. The van der Waals surface area contributed by atoms with Gasteiger partial charge in [-0.25, -0.2) is 4.79 Å². The summed E-state index contributed by atoms with van der Waals surface area (Å²) in [7, 11) is 1.48. The molecule has 0 bridgehead atoms. The molecule has 9 heteroatoms. The molecule has 0 aliphatic heterocycles. The Bertz CT molecular complexity index is 1480. The Labute approximate surface area is 209 Å². The van der Waals surface area contributed by atoms with Gasteiger partial charge in [0.15, 0.2) is 6.61 Å². The highest BCUT2D eigenvalue weighted by Crippen LogP contribution is 2.32. The van der Waals surface area contributed by atoms with Crippen molar-refractivity contribution in [3.8, 4) is 11.1 Å². The third kappa shape index (κ3) is 4.66. The van der Waals surface area contributed by atoms with Crippen LogP contribution in [0.2, 0.25) is 15.1 Å². The summed E-state index contributed by atoms with van der Waals surface area (Å²) in [4.78, 5) is 38.5. The first kappa shape index (κ1) is 23.8. The molecule has 0 spiro atoms. The van der Waals surface area contributed by atoms with Gasteiger partial charge in [0.1, 0.15) is 5.69 Å². The molecule has 4 aromatic rings. The molecule has 1 amide bonds. The van der Waals surface area contributed by atoms with Crippen molar-refractivity contribution < 1.29 is 14.3 Å². The quantitative estimate of drug-likeness (QED) is 0.333. The SMILES string of the molecule is Cn1c(C(=O)OCC(=O)Nc2cccc(Cl)c2Cl)c(-c2ccc(Cl)cc2)c2ccccc2c1=O. The Balaban J connectivity index is 1.70. The predicted octanol–water partition coefficient (Wildman–Crippen LogP) is 5.96. The second-order valence-corrected chi connectivity index (χ2v) is 8.59. The van der Waals surface area contributed by atoms with Gasteiger partial charge < -0.3 is 14.6 Å². The van der Waals surface area contributed by atoms with Crippen LogP contribution in [0.25, 0.3) is 21.9 Å². The monoisotopic (exact) mass is 514 g/mol. The molecule has 0 atom stereocenters. The fourth-order valence-electron chi connectivity index (χ4n) is 3.60. The Morgan fingerprint density at radius 3 is 2.29 bits per heavy atom. The minimum Gasteiger partial charge on any atom is -0.451 e. The fourth-order valence-corrected chi connectivity index (χ4v) is 4.07. The summed E-state index contributed by atoms with van der Waals surface area (Å²) in [5.41, 5.74) is 1.10. The van der Waals surface area contributed by atoms with Gasteiger partial charge >= 0.3 is 5.97 Å². The van der Waals surface area contributed by atoms with Crippen molar-refractivity contribution >= 4 is 63.1 Å². The van der Waals surface area contributed by atoms with Gasteiger partial charge in [0.2, 0.25) is 0 Å². The minimum absolute atomic E-state index is 0.0135. The van der Waals surface area contributed by atoms with Gasteiger partial charge in [-0.2, -0.15) is 0 Å². The second kappa shape index (κ2) is 9.89. The third-order valence-corrected chi connectivity index (χ3v) is 6.26. The first-order valence-corrected chi connectivity index (χ1v) is 11.2. The lowest BCUT2D eigenvalue weighted by Crippen LogP contribution is -2.28. The van der Waals surface area contributed by atoms with Crippen LogP contribution in [0.5, 0.6) is 0 Å². The average molecular weight is 516 g/mol. The van der Waals surface area contributed by atoms with Crippen LogP contribution in [0.4, 0.5) is 5.69 Å². The minimum atomic E-state index is -0.831. The number of anilines is 1. The molecule has 0 unspecified atom stereocenters. The predicted molar refractivity (Wildman–Crippen MR) is 135 cm³/mol. The third-order valence-electron chi connectivity index (χ3n) is 5.19. The average Bonchev–Trinajstić information content (AvgIpc) is 2.83. The Morgan fingerprint density at radius 2 is 1.59 bits per heavy atom. The fraction of sp³-hybridized carbons (Fsp3) is 0.0800. The standard InChI is InChI=1S/C25H17Cl3N2O4/c1-30-23(25(33)34-13-20(31)29-19-8-4-7-18(27)22(19)28)21(14-9-11-15(26)12-10-14)16-5-2-3-6-17(16)24(30)32/h2-12H,13H2,1H3,(H,29,31). The summed E-state index contributed by atoms with van der Waals surface area (Å²) in [6, 6.07) is 18.6. The highest BCUT2D eigenvalue weighted by Gasteiger charge is 2.23.